The predicted octanol–water partition coefficient (Wildman–Crippen LogP) is 7.41. The molecule has 0 aliphatic heterocycles. The molecule has 0 saturated carbocycles. The average molecular weight is 1060 g/mol. The number of fused-ring (bicyclic) bond motifs is 2. The van der Waals surface area contributed by atoms with Crippen molar-refractivity contribution in [1.82, 2.24) is 18.3 Å². The lowest BCUT2D eigenvalue weighted by atomic mass is 10.1. The van der Waals surface area contributed by atoms with Gasteiger partial charge in [0.2, 0.25) is 0 Å². The van der Waals surface area contributed by atoms with Gasteiger partial charge < -0.3 is 34.3 Å². The number of aliphatic hydroxyl groups excluding tert-OH is 2. The summed E-state index contributed by atoms with van der Waals surface area (Å²) in [5.74, 6) is -3.28. The molecular weight excluding hydrogens is 985 g/mol. The molecule has 2 atom stereocenters. The fourth-order valence-corrected chi connectivity index (χ4v) is 9.55. The van der Waals surface area contributed by atoms with Crippen LogP contribution in [0.25, 0.3) is 20.4 Å². The summed E-state index contributed by atoms with van der Waals surface area (Å²) in [4.78, 5) is 103. The zero-order valence-electron chi connectivity index (χ0n) is 41.7. The lowest BCUT2D eigenvalue weighted by Crippen LogP contribution is -2.43. The Bertz CT molecular complexity index is 3080. The first kappa shape index (κ1) is 62.6. The minimum atomic E-state index is -1.32. The number of hydrogen-bond donors (Lipinski definition) is 3. The van der Waals surface area contributed by atoms with Crippen LogP contribution in [0, 0.1) is 13.8 Å². The van der Waals surface area contributed by atoms with Gasteiger partial charge in [-0.3, -0.25) is 28.3 Å². The van der Waals surface area contributed by atoms with Crippen LogP contribution < -0.4 is 22.5 Å². The Kier molecular flexibility index (Phi) is 23.6. The fourth-order valence-electron chi connectivity index (χ4n) is 7.15. The van der Waals surface area contributed by atoms with E-state index < -0.39 is 77.3 Å². The summed E-state index contributed by atoms with van der Waals surface area (Å²) < 4.78 is 25.6. The van der Waals surface area contributed by atoms with Crippen LogP contribution >= 0.6 is 22.7 Å². The van der Waals surface area contributed by atoms with Crippen molar-refractivity contribution in [3.8, 4) is 0 Å². The van der Waals surface area contributed by atoms with Gasteiger partial charge in [-0.15, -0.1) is 22.7 Å². The van der Waals surface area contributed by atoms with Gasteiger partial charge in [-0.05, 0) is 98.4 Å². The molecule has 6 aromatic rings. The monoisotopic (exact) mass is 1050 g/mol. The Hall–Kier alpha value is -6.52. The highest BCUT2D eigenvalue weighted by molar-refractivity contribution is 7.21. The van der Waals surface area contributed by atoms with E-state index in [2.05, 4.69) is 0 Å². The van der Waals surface area contributed by atoms with Crippen molar-refractivity contribution in [2.45, 2.75) is 147 Å². The first-order chi connectivity index (χ1) is 33.3. The Morgan fingerprint density at radius 3 is 1.41 bits per heavy atom. The molecular formula is C52H70N4O15S2. The number of benzene rings is 2. The quantitative estimate of drug-likeness (QED) is 0.0630. The molecule has 6 rings (SSSR count). The van der Waals surface area contributed by atoms with Gasteiger partial charge in [-0.25, -0.2) is 28.3 Å². The number of thiophene rings is 2. The maximum atomic E-state index is 13.4. The van der Waals surface area contributed by atoms with Crippen molar-refractivity contribution in [1.29, 1.82) is 0 Å². The van der Waals surface area contributed by atoms with E-state index in [9.17, 15) is 48.6 Å². The third-order valence-corrected chi connectivity index (χ3v) is 12.6. The highest BCUT2D eigenvalue weighted by Crippen LogP contribution is 2.32. The Morgan fingerprint density at radius 1 is 0.630 bits per heavy atom. The highest BCUT2D eigenvalue weighted by atomic mass is 32.1. The van der Waals surface area contributed by atoms with E-state index in [0.29, 0.717) is 21.3 Å². The molecule has 21 heteroatoms. The zero-order valence-corrected chi connectivity index (χ0v) is 43.3. The first-order valence-corrected chi connectivity index (χ1v) is 24.4. The maximum Gasteiger partial charge on any atom is 0.348 e. The molecule has 73 heavy (non-hydrogen) atoms. The number of aliphatic hydroxyl groups is 2. The number of carbonyl (C=O) groups is 4. The minimum Gasteiger partial charge on any atom is -0.480 e. The molecule has 0 saturated heterocycles. The van der Waals surface area contributed by atoms with Crippen LogP contribution in [-0.2, 0) is 54.7 Å². The zero-order chi connectivity index (χ0) is 53.1. The molecule has 0 bridgehead atoms. The second-order valence-electron chi connectivity index (χ2n) is 17.6. The molecule has 3 N–H and O–H groups in total. The minimum absolute atomic E-state index is 0. The number of hydrogen-bond acceptors (Lipinski definition) is 16. The number of aryl methyl sites for hydroxylation is 2. The smallest absolute Gasteiger partial charge is 0.348 e. The number of carbonyl (C=O) groups excluding carboxylic acids is 3. The molecule has 0 aliphatic carbocycles. The third-order valence-electron chi connectivity index (χ3n) is 10.0. The lowest BCUT2D eigenvalue weighted by molar-refractivity contribution is -0.155. The van der Waals surface area contributed by atoms with Crippen molar-refractivity contribution in [2.75, 3.05) is 13.2 Å². The molecule has 0 radical (unpaired) electrons. The molecule has 0 fully saturated rings. The van der Waals surface area contributed by atoms with E-state index in [4.69, 9.17) is 24.1 Å². The van der Waals surface area contributed by atoms with Crippen LogP contribution in [0.4, 0.5) is 0 Å². The van der Waals surface area contributed by atoms with Gasteiger partial charge >= 0.3 is 35.3 Å². The van der Waals surface area contributed by atoms with E-state index in [1.807, 2.05) is 44.2 Å². The standard InChI is InChI=1S/C24H28N2O7S.C23H26N2O7S.C3H8O.2CH4/c1-6-32-22(30)19-14(2)18-20(29)25(13-17(28)33-24(3,4)5)23(31)26(21(18)34-19)12-16(27)15-10-8-7-9-11-15;1-5-31-22(29)19-14(4)18-20(28)24(12-17(26)27)23(30)25(21(18)33-19)11-16(32-13(2)3)15-9-7-6-8-10-15;1-3(2)4;;/h7-11,16,27H,6,12-13H2,1-5H3;6-10,13,16H,5,11-12H2,1-4H3,(H,26,27);3-4H,1-2H3;2*1H4. The van der Waals surface area contributed by atoms with Crippen LogP contribution in [0.5, 0.6) is 0 Å². The molecule has 4 aromatic heterocycles. The molecule has 2 unspecified atom stereocenters. The summed E-state index contributed by atoms with van der Waals surface area (Å²) in [5.41, 5.74) is -1.72. The number of rotatable bonds is 16. The van der Waals surface area contributed by atoms with E-state index in [1.165, 1.54) is 9.13 Å². The van der Waals surface area contributed by atoms with Gasteiger partial charge in [0.15, 0.2) is 0 Å². The SMILES string of the molecule is C.C.CC(C)O.CCOC(=O)c1sc2c(c1C)c(=O)n(CC(=O)O)c(=O)n2CC(OC(C)C)c1ccccc1.CCOC(=O)c1sc2c(c1C)c(=O)n(CC(=O)OC(C)(C)C)c(=O)n2CC(O)c1ccccc1. The van der Waals surface area contributed by atoms with E-state index in [1.54, 1.807) is 92.6 Å². The molecule has 19 nitrogen and oxygen atoms in total. The number of nitrogens with zero attached hydrogens (tertiary/aromatic N) is 4. The van der Waals surface area contributed by atoms with Gasteiger partial charge in [-0.1, -0.05) is 75.5 Å². The second kappa shape index (κ2) is 27.5. The summed E-state index contributed by atoms with van der Waals surface area (Å²) in [6.07, 6.45) is -1.94. The van der Waals surface area contributed by atoms with Crippen LogP contribution in [-0.4, -0.2) is 88.5 Å². The number of carboxylic acids is 1. The molecule has 4 heterocycles. The van der Waals surface area contributed by atoms with Crippen molar-refractivity contribution in [3.05, 3.63) is 134 Å². The van der Waals surface area contributed by atoms with Crippen molar-refractivity contribution >= 4 is 67.0 Å². The number of carboxylic acid groups (broad SMARTS) is 1. The highest BCUT2D eigenvalue weighted by Gasteiger charge is 2.29. The Balaban J connectivity index is 0.000000454. The number of aliphatic carboxylic acids is 1. The normalized spacial score (nSPS) is 11.9. The summed E-state index contributed by atoms with van der Waals surface area (Å²) in [6.45, 7) is 17.5. The fraction of sp³-hybridized carbons (Fsp3) is 0.462. The summed E-state index contributed by atoms with van der Waals surface area (Å²) >= 11 is 1.93. The Labute approximate surface area is 431 Å². The molecule has 0 amide bonds. The van der Waals surface area contributed by atoms with Gasteiger partial charge in [0.25, 0.3) is 11.1 Å². The van der Waals surface area contributed by atoms with Crippen molar-refractivity contribution in [2.24, 2.45) is 0 Å². The topological polar surface area (TPSA) is 254 Å². The second-order valence-corrected chi connectivity index (χ2v) is 19.6. The summed E-state index contributed by atoms with van der Waals surface area (Å²) in [5, 5.41) is 28.4. The van der Waals surface area contributed by atoms with Crippen LogP contribution in [0.2, 0.25) is 0 Å². The van der Waals surface area contributed by atoms with Crippen molar-refractivity contribution < 1.29 is 53.4 Å². The molecule has 0 spiro atoms. The number of ether oxygens (including phenoxy) is 4. The predicted molar refractivity (Wildman–Crippen MR) is 283 cm³/mol. The number of esters is 3. The van der Waals surface area contributed by atoms with Gasteiger partial charge in [0, 0.05) is 6.10 Å². The van der Waals surface area contributed by atoms with Gasteiger partial charge in [-0.2, -0.15) is 0 Å². The lowest BCUT2D eigenvalue weighted by Gasteiger charge is -2.22. The van der Waals surface area contributed by atoms with E-state index in [-0.39, 0.29) is 83.6 Å². The average Bonchev–Trinajstić information content (AvgIpc) is 3.83. The van der Waals surface area contributed by atoms with Crippen LogP contribution in [0.15, 0.2) is 79.8 Å². The molecule has 400 valence electrons. The summed E-state index contributed by atoms with van der Waals surface area (Å²) in [6, 6.07) is 18.0. The van der Waals surface area contributed by atoms with Crippen LogP contribution in [0.1, 0.15) is 131 Å². The first-order valence-electron chi connectivity index (χ1n) is 22.8. The maximum absolute atomic E-state index is 13.4. The Morgan fingerprint density at radius 2 is 1.03 bits per heavy atom. The van der Waals surface area contributed by atoms with E-state index in [0.717, 1.165) is 32.8 Å². The van der Waals surface area contributed by atoms with E-state index >= 15 is 0 Å². The van der Waals surface area contributed by atoms with Gasteiger partial charge in [0.1, 0.15) is 44.2 Å². The largest absolute Gasteiger partial charge is 0.480 e. The van der Waals surface area contributed by atoms with Crippen molar-refractivity contribution in [3.63, 3.8) is 0 Å². The number of aromatic nitrogens is 4. The third kappa shape index (κ3) is 16.0. The van der Waals surface area contributed by atoms with Gasteiger partial charge in [0.05, 0.1) is 49.3 Å². The summed E-state index contributed by atoms with van der Waals surface area (Å²) in [7, 11) is 0. The molecule has 2 aromatic carbocycles. The molecule has 0 aliphatic rings. The van der Waals surface area contributed by atoms with Crippen LogP contribution in [0.3, 0.4) is 0 Å².